The average Bonchev–Trinajstić information content (AvgIpc) is 2.46. The summed E-state index contributed by atoms with van der Waals surface area (Å²) in [5, 5.41) is 11.7. The average molecular weight is 295 g/mol. The molecule has 2 nitrogen and oxygen atoms in total. The molecule has 1 unspecified atom stereocenters. The van der Waals surface area contributed by atoms with Crippen LogP contribution < -0.4 is 5.32 Å². The second-order valence-electron chi connectivity index (χ2n) is 4.76. The van der Waals surface area contributed by atoms with Crippen molar-refractivity contribution in [2.24, 2.45) is 0 Å². The summed E-state index contributed by atoms with van der Waals surface area (Å²) in [7, 11) is 0. The Morgan fingerprint density at radius 3 is 2.24 bits per heavy atom. The summed E-state index contributed by atoms with van der Waals surface area (Å²) in [6.07, 6.45) is -6.37. The number of nitrogens with one attached hydrogen (secondary N) is 1. The van der Waals surface area contributed by atoms with E-state index in [2.05, 4.69) is 5.32 Å². The molecule has 21 heavy (non-hydrogen) atoms. The van der Waals surface area contributed by atoms with Gasteiger partial charge in [-0.2, -0.15) is 13.2 Å². The van der Waals surface area contributed by atoms with Crippen LogP contribution in [0.4, 0.5) is 18.9 Å². The van der Waals surface area contributed by atoms with Crippen LogP contribution in [0, 0.1) is 0 Å². The van der Waals surface area contributed by atoms with Crippen molar-refractivity contribution < 1.29 is 18.3 Å². The van der Waals surface area contributed by atoms with Crippen LogP contribution in [-0.2, 0) is 6.42 Å². The number of aliphatic hydroxyl groups is 1. The molecule has 0 aromatic heterocycles. The Morgan fingerprint density at radius 2 is 1.57 bits per heavy atom. The van der Waals surface area contributed by atoms with Crippen molar-refractivity contribution in [3.63, 3.8) is 0 Å². The van der Waals surface area contributed by atoms with Gasteiger partial charge in [0.15, 0.2) is 6.10 Å². The van der Waals surface area contributed by atoms with Crippen molar-refractivity contribution >= 4 is 5.69 Å². The van der Waals surface area contributed by atoms with Crippen LogP contribution in [-0.4, -0.2) is 23.9 Å². The molecule has 0 amide bonds. The molecule has 2 rings (SSSR count). The number of para-hydroxylation sites is 1. The Hall–Kier alpha value is -2.01. The van der Waals surface area contributed by atoms with Crippen LogP contribution in [0.15, 0.2) is 54.6 Å². The van der Waals surface area contributed by atoms with Crippen LogP contribution in [0.1, 0.15) is 11.1 Å². The van der Waals surface area contributed by atoms with Gasteiger partial charge >= 0.3 is 6.18 Å². The number of halogens is 3. The lowest BCUT2D eigenvalue weighted by atomic mass is 10.0. The van der Waals surface area contributed by atoms with Gasteiger partial charge in [-0.25, -0.2) is 0 Å². The summed E-state index contributed by atoms with van der Waals surface area (Å²) in [5.41, 5.74) is 2.56. The first-order chi connectivity index (χ1) is 9.97. The third-order valence-electron chi connectivity index (χ3n) is 3.12. The summed E-state index contributed by atoms with van der Waals surface area (Å²) in [5.74, 6) is 0. The van der Waals surface area contributed by atoms with Crippen LogP contribution in [0.25, 0.3) is 0 Å². The Kier molecular flexibility index (Phi) is 4.85. The first-order valence-electron chi connectivity index (χ1n) is 6.57. The molecule has 2 aromatic rings. The highest BCUT2D eigenvalue weighted by Gasteiger charge is 2.37. The van der Waals surface area contributed by atoms with E-state index in [1.54, 1.807) is 12.1 Å². The molecular formula is C16H16F3NO. The second-order valence-corrected chi connectivity index (χ2v) is 4.76. The van der Waals surface area contributed by atoms with Crippen molar-refractivity contribution in [3.8, 4) is 0 Å². The molecule has 5 heteroatoms. The van der Waals surface area contributed by atoms with E-state index >= 15 is 0 Å². The lowest BCUT2D eigenvalue weighted by Crippen LogP contribution is -2.35. The molecule has 2 aromatic carbocycles. The summed E-state index contributed by atoms with van der Waals surface area (Å²) >= 11 is 0. The van der Waals surface area contributed by atoms with E-state index in [1.165, 1.54) is 0 Å². The normalized spacial score (nSPS) is 13.0. The smallest absolute Gasteiger partial charge is 0.382 e. The SMILES string of the molecule is OC(CNc1ccccc1Cc1ccccc1)C(F)(F)F. The molecule has 0 radical (unpaired) electrons. The molecule has 0 saturated heterocycles. The molecule has 0 bridgehead atoms. The minimum Gasteiger partial charge on any atom is -0.382 e. The number of alkyl halides is 3. The van der Waals surface area contributed by atoms with Gasteiger partial charge in [-0.3, -0.25) is 0 Å². The summed E-state index contributed by atoms with van der Waals surface area (Å²) in [6.45, 7) is -0.560. The maximum absolute atomic E-state index is 12.3. The molecule has 0 heterocycles. The molecular weight excluding hydrogens is 279 g/mol. The summed E-state index contributed by atoms with van der Waals surface area (Å²) < 4.78 is 36.9. The zero-order chi connectivity index (χ0) is 15.3. The molecule has 2 N–H and O–H groups in total. The van der Waals surface area contributed by atoms with Gasteiger partial charge in [0.1, 0.15) is 0 Å². The zero-order valence-electron chi connectivity index (χ0n) is 11.3. The number of aliphatic hydroxyl groups excluding tert-OH is 1. The molecule has 0 fully saturated rings. The van der Waals surface area contributed by atoms with Gasteiger partial charge in [-0.1, -0.05) is 48.5 Å². The molecule has 0 aliphatic rings. The van der Waals surface area contributed by atoms with Crippen LogP contribution in [0.2, 0.25) is 0 Å². The minimum absolute atomic E-state index is 0.560. The molecule has 0 aliphatic heterocycles. The number of benzene rings is 2. The van der Waals surface area contributed by atoms with E-state index in [1.807, 2.05) is 42.5 Å². The summed E-state index contributed by atoms with van der Waals surface area (Å²) in [4.78, 5) is 0. The first kappa shape index (κ1) is 15.4. The Balaban J connectivity index is 2.07. The molecule has 0 aliphatic carbocycles. The highest BCUT2D eigenvalue weighted by Crippen LogP contribution is 2.22. The molecule has 112 valence electrons. The fourth-order valence-electron chi connectivity index (χ4n) is 1.99. The largest absolute Gasteiger partial charge is 0.416 e. The fraction of sp³-hybridized carbons (Fsp3) is 0.250. The lowest BCUT2D eigenvalue weighted by molar-refractivity contribution is -0.198. The minimum atomic E-state index is -4.61. The standard InChI is InChI=1S/C16H16F3NO/c17-16(18,19)15(21)11-20-14-9-5-4-8-13(14)10-12-6-2-1-3-7-12/h1-9,15,20-21H,10-11H2. The van der Waals surface area contributed by atoms with Crippen molar-refractivity contribution in [3.05, 3.63) is 65.7 Å². The van der Waals surface area contributed by atoms with E-state index in [0.29, 0.717) is 12.1 Å². The number of rotatable bonds is 5. The monoisotopic (exact) mass is 295 g/mol. The third kappa shape index (κ3) is 4.49. The van der Waals surface area contributed by atoms with Crippen LogP contribution in [0.3, 0.4) is 0 Å². The van der Waals surface area contributed by atoms with Crippen molar-refractivity contribution in [2.75, 3.05) is 11.9 Å². The van der Waals surface area contributed by atoms with E-state index in [9.17, 15) is 13.2 Å². The Labute approximate surface area is 121 Å². The van der Waals surface area contributed by atoms with E-state index in [4.69, 9.17) is 5.11 Å². The lowest BCUT2D eigenvalue weighted by Gasteiger charge is -2.17. The van der Waals surface area contributed by atoms with Crippen molar-refractivity contribution in [2.45, 2.75) is 18.7 Å². The number of anilines is 1. The molecule has 0 saturated carbocycles. The van der Waals surface area contributed by atoms with Crippen molar-refractivity contribution in [1.82, 2.24) is 0 Å². The molecule has 0 spiro atoms. The summed E-state index contributed by atoms with van der Waals surface area (Å²) in [6, 6.07) is 16.8. The van der Waals surface area contributed by atoms with E-state index in [-0.39, 0.29) is 0 Å². The van der Waals surface area contributed by atoms with Crippen LogP contribution in [0.5, 0.6) is 0 Å². The highest BCUT2D eigenvalue weighted by molar-refractivity contribution is 5.52. The van der Waals surface area contributed by atoms with Crippen molar-refractivity contribution in [1.29, 1.82) is 0 Å². The maximum Gasteiger partial charge on any atom is 0.416 e. The van der Waals surface area contributed by atoms with Gasteiger partial charge < -0.3 is 10.4 Å². The molecule has 1 atom stereocenters. The number of hydrogen-bond donors (Lipinski definition) is 2. The fourth-order valence-corrected chi connectivity index (χ4v) is 1.99. The van der Waals surface area contributed by atoms with Crippen LogP contribution >= 0.6 is 0 Å². The maximum atomic E-state index is 12.3. The van der Waals surface area contributed by atoms with E-state index in [0.717, 1.165) is 11.1 Å². The van der Waals surface area contributed by atoms with Gasteiger partial charge in [-0.15, -0.1) is 0 Å². The number of hydrogen-bond acceptors (Lipinski definition) is 2. The predicted molar refractivity (Wildman–Crippen MR) is 76.2 cm³/mol. The van der Waals surface area contributed by atoms with Gasteiger partial charge in [0.2, 0.25) is 0 Å². The quantitative estimate of drug-likeness (QED) is 0.883. The predicted octanol–water partition coefficient (Wildman–Crippen LogP) is 3.61. The zero-order valence-corrected chi connectivity index (χ0v) is 11.3. The van der Waals surface area contributed by atoms with E-state index < -0.39 is 18.8 Å². The Bertz CT molecular complexity index is 569. The topological polar surface area (TPSA) is 32.3 Å². The first-order valence-corrected chi connectivity index (χ1v) is 6.57. The van der Waals surface area contributed by atoms with Gasteiger partial charge in [0.05, 0.1) is 0 Å². The highest BCUT2D eigenvalue weighted by atomic mass is 19.4. The third-order valence-corrected chi connectivity index (χ3v) is 3.12. The van der Waals surface area contributed by atoms with Gasteiger partial charge in [-0.05, 0) is 23.6 Å². The van der Waals surface area contributed by atoms with Gasteiger partial charge in [0.25, 0.3) is 0 Å². The Morgan fingerprint density at radius 1 is 0.952 bits per heavy atom. The second kappa shape index (κ2) is 6.63. The van der Waals surface area contributed by atoms with Gasteiger partial charge in [0, 0.05) is 12.2 Å².